The molecule has 0 aromatic carbocycles. The molecule has 62 heavy (non-hydrogen) atoms. The zero-order valence-corrected chi connectivity index (χ0v) is 42.5. The van der Waals surface area contributed by atoms with Crippen LogP contribution in [-0.4, -0.2) is 37.2 Å². The fourth-order valence-corrected chi connectivity index (χ4v) is 8.49. The van der Waals surface area contributed by atoms with E-state index < -0.39 is 6.10 Å². The average molecular weight is 877 g/mol. The van der Waals surface area contributed by atoms with Gasteiger partial charge in [-0.1, -0.05) is 272 Å². The van der Waals surface area contributed by atoms with Crippen LogP contribution >= 0.6 is 0 Å². The molecule has 0 bridgehead atoms. The number of carbonyl (C=O) groups excluding carboxylic acids is 3. The summed E-state index contributed by atoms with van der Waals surface area (Å²) in [6.07, 6.45) is 50.9. The smallest absolute Gasteiger partial charge is 0.306 e. The van der Waals surface area contributed by atoms with E-state index in [2.05, 4.69) is 34.6 Å². The first-order valence-electron chi connectivity index (χ1n) is 27.8. The molecular formula is C56H108O6. The first-order chi connectivity index (χ1) is 30.3. The molecule has 0 fully saturated rings. The van der Waals surface area contributed by atoms with Crippen molar-refractivity contribution in [1.82, 2.24) is 0 Å². The minimum Gasteiger partial charge on any atom is -0.462 e. The van der Waals surface area contributed by atoms with Gasteiger partial charge in [0.1, 0.15) is 13.2 Å². The first-order valence-corrected chi connectivity index (χ1v) is 27.8. The van der Waals surface area contributed by atoms with E-state index >= 15 is 0 Å². The molecule has 0 heterocycles. The maximum Gasteiger partial charge on any atom is 0.306 e. The molecule has 0 saturated heterocycles. The highest BCUT2D eigenvalue weighted by atomic mass is 16.6. The Morgan fingerprint density at radius 3 is 0.919 bits per heavy atom. The summed E-state index contributed by atoms with van der Waals surface area (Å²) < 4.78 is 16.9. The average Bonchev–Trinajstić information content (AvgIpc) is 3.26. The Morgan fingerprint density at radius 1 is 0.339 bits per heavy atom. The van der Waals surface area contributed by atoms with Gasteiger partial charge in [-0.25, -0.2) is 0 Å². The van der Waals surface area contributed by atoms with Gasteiger partial charge in [0.2, 0.25) is 0 Å². The summed E-state index contributed by atoms with van der Waals surface area (Å²) in [6, 6.07) is 0. The van der Waals surface area contributed by atoms with Crippen LogP contribution in [0.15, 0.2) is 0 Å². The molecule has 1 unspecified atom stereocenters. The zero-order valence-electron chi connectivity index (χ0n) is 42.5. The van der Waals surface area contributed by atoms with Crippen LogP contribution in [0.3, 0.4) is 0 Å². The van der Waals surface area contributed by atoms with E-state index in [4.69, 9.17) is 14.2 Å². The summed E-state index contributed by atoms with van der Waals surface area (Å²) in [5, 5.41) is 0. The van der Waals surface area contributed by atoms with E-state index in [1.165, 1.54) is 199 Å². The normalized spacial score (nSPS) is 12.5. The van der Waals surface area contributed by atoms with E-state index in [9.17, 15) is 14.4 Å². The van der Waals surface area contributed by atoms with Crippen molar-refractivity contribution in [3.63, 3.8) is 0 Å². The second-order valence-electron chi connectivity index (χ2n) is 19.9. The van der Waals surface area contributed by atoms with E-state index in [0.29, 0.717) is 19.3 Å². The molecule has 0 aliphatic rings. The topological polar surface area (TPSA) is 78.9 Å². The Hall–Kier alpha value is -1.59. The first kappa shape index (κ1) is 60.4. The molecule has 0 amide bonds. The standard InChI is InChI=1S/C56H108O6/c1-6-8-9-10-11-12-13-14-15-16-17-18-19-22-26-33-38-43-48-56(59)62-53(50-61-55(58)47-42-37-32-28-27-30-35-40-45-52(5)7-2)49-60-54(57)46-41-36-31-25-23-20-21-24-29-34-39-44-51(3)4/h51-53H,6-50H2,1-5H3/t52?,53-/m0/s1. The molecule has 6 heteroatoms. The SMILES string of the molecule is CCCCCCCCCCCCCCCCCCCCC(=O)O[C@@H](COC(=O)CCCCCCCCCCCCCC(C)C)COC(=O)CCCCCCCCCCC(C)CC. The van der Waals surface area contributed by atoms with Gasteiger partial charge in [0.05, 0.1) is 0 Å². The van der Waals surface area contributed by atoms with E-state index in [1.807, 2.05) is 0 Å². The van der Waals surface area contributed by atoms with Gasteiger partial charge in [0.25, 0.3) is 0 Å². The highest BCUT2D eigenvalue weighted by Crippen LogP contribution is 2.18. The van der Waals surface area contributed by atoms with Crippen molar-refractivity contribution in [3.05, 3.63) is 0 Å². The fraction of sp³-hybridized carbons (Fsp3) is 0.946. The van der Waals surface area contributed by atoms with Crippen LogP contribution < -0.4 is 0 Å². The number of hydrogen-bond donors (Lipinski definition) is 0. The number of ether oxygens (including phenoxy) is 3. The molecule has 0 rings (SSSR count). The van der Waals surface area contributed by atoms with Crippen LogP contribution in [0.4, 0.5) is 0 Å². The van der Waals surface area contributed by atoms with Crippen molar-refractivity contribution in [2.24, 2.45) is 11.8 Å². The van der Waals surface area contributed by atoms with Crippen molar-refractivity contribution in [2.45, 2.75) is 317 Å². The zero-order chi connectivity index (χ0) is 45.4. The van der Waals surface area contributed by atoms with E-state index in [0.717, 1.165) is 69.6 Å². The van der Waals surface area contributed by atoms with E-state index in [-0.39, 0.29) is 31.1 Å². The number of esters is 3. The molecule has 0 aromatic rings. The van der Waals surface area contributed by atoms with Crippen LogP contribution in [0.1, 0.15) is 311 Å². The lowest BCUT2D eigenvalue weighted by atomic mass is 9.99. The summed E-state index contributed by atoms with van der Waals surface area (Å²) in [4.78, 5) is 38.0. The Kier molecular flexibility index (Phi) is 47.6. The summed E-state index contributed by atoms with van der Waals surface area (Å²) in [7, 11) is 0. The van der Waals surface area contributed by atoms with Gasteiger partial charge in [0, 0.05) is 19.3 Å². The molecule has 0 N–H and O–H groups in total. The van der Waals surface area contributed by atoms with Crippen LogP contribution in [0.5, 0.6) is 0 Å². The van der Waals surface area contributed by atoms with Crippen molar-refractivity contribution >= 4 is 17.9 Å². The maximum absolute atomic E-state index is 12.8. The van der Waals surface area contributed by atoms with Crippen LogP contribution in [-0.2, 0) is 28.6 Å². The lowest BCUT2D eigenvalue weighted by molar-refractivity contribution is -0.167. The molecule has 368 valence electrons. The van der Waals surface area contributed by atoms with Crippen LogP contribution in [0, 0.1) is 11.8 Å². The molecular weight excluding hydrogens is 769 g/mol. The predicted octanol–water partition coefficient (Wildman–Crippen LogP) is 18.1. The van der Waals surface area contributed by atoms with Crippen molar-refractivity contribution in [3.8, 4) is 0 Å². The number of unbranched alkanes of at least 4 members (excludes halogenated alkanes) is 34. The van der Waals surface area contributed by atoms with Gasteiger partial charge < -0.3 is 14.2 Å². The highest BCUT2D eigenvalue weighted by Gasteiger charge is 2.19. The number of rotatable bonds is 50. The largest absolute Gasteiger partial charge is 0.462 e. The predicted molar refractivity (Wildman–Crippen MR) is 266 cm³/mol. The van der Waals surface area contributed by atoms with Gasteiger partial charge in [0.15, 0.2) is 6.10 Å². The second-order valence-corrected chi connectivity index (χ2v) is 19.9. The Bertz CT molecular complexity index is 949. The van der Waals surface area contributed by atoms with Gasteiger partial charge in [-0.3, -0.25) is 14.4 Å². The lowest BCUT2D eigenvalue weighted by Gasteiger charge is -2.18. The van der Waals surface area contributed by atoms with Crippen molar-refractivity contribution in [2.75, 3.05) is 13.2 Å². The third-order valence-electron chi connectivity index (χ3n) is 13.1. The van der Waals surface area contributed by atoms with Gasteiger partial charge in [-0.2, -0.15) is 0 Å². The Labute approximate surface area is 387 Å². The summed E-state index contributed by atoms with van der Waals surface area (Å²) in [6.45, 7) is 11.4. The number of carbonyl (C=O) groups is 3. The third kappa shape index (κ3) is 47.9. The molecule has 0 aliphatic carbocycles. The third-order valence-corrected chi connectivity index (χ3v) is 13.1. The van der Waals surface area contributed by atoms with E-state index in [1.54, 1.807) is 0 Å². The fourth-order valence-electron chi connectivity index (χ4n) is 8.49. The van der Waals surface area contributed by atoms with Crippen LogP contribution in [0.2, 0.25) is 0 Å². The van der Waals surface area contributed by atoms with Crippen LogP contribution in [0.25, 0.3) is 0 Å². The summed E-state index contributed by atoms with van der Waals surface area (Å²) in [5.74, 6) is 0.830. The molecule has 0 aromatic heterocycles. The monoisotopic (exact) mass is 877 g/mol. The second kappa shape index (κ2) is 48.9. The summed E-state index contributed by atoms with van der Waals surface area (Å²) in [5.41, 5.74) is 0. The maximum atomic E-state index is 12.8. The molecule has 0 saturated carbocycles. The molecule has 0 aliphatic heterocycles. The Morgan fingerprint density at radius 2 is 0.613 bits per heavy atom. The van der Waals surface area contributed by atoms with Gasteiger partial charge in [-0.05, 0) is 31.1 Å². The van der Waals surface area contributed by atoms with Gasteiger partial charge >= 0.3 is 17.9 Å². The molecule has 0 radical (unpaired) electrons. The highest BCUT2D eigenvalue weighted by molar-refractivity contribution is 5.71. The molecule has 6 nitrogen and oxygen atoms in total. The Balaban J connectivity index is 4.30. The lowest BCUT2D eigenvalue weighted by Crippen LogP contribution is -2.30. The summed E-state index contributed by atoms with van der Waals surface area (Å²) >= 11 is 0. The molecule has 2 atom stereocenters. The quantitative estimate of drug-likeness (QED) is 0.0344. The van der Waals surface area contributed by atoms with Crippen molar-refractivity contribution < 1.29 is 28.6 Å². The van der Waals surface area contributed by atoms with Crippen molar-refractivity contribution in [1.29, 1.82) is 0 Å². The van der Waals surface area contributed by atoms with Gasteiger partial charge in [-0.15, -0.1) is 0 Å². The minimum absolute atomic E-state index is 0.0637. The molecule has 0 spiro atoms. The number of hydrogen-bond acceptors (Lipinski definition) is 6. The minimum atomic E-state index is -0.763.